The molecule has 1 nitrogen and oxygen atoms in total. The van der Waals surface area contributed by atoms with Gasteiger partial charge in [-0.05, 0) is 43.0 Å². The third-order valence-electron chi connectivity index (χ3n) is 3.00. The van der Waals surface area contributed by atoms with E-state index in [0.717, 1.165) is 6.42 Å². The maximum Gasteiger partial charge on any atom is 0.126 e. The van der Waals surface area contributed by atoms with E-state index in [1.165, 1.54) is 25.0 Å². The number of benzene rings is 1. The monoisotopic (exact) mass is 242 g/mol. The molecular formula is C13H16ClFO. The Bertz CT molecular complexity index is 386. The van der Waals surface area contributed by atoms with Crippen molar-refractivity contribution in [1.82, 2.24) is 0 Å². The zero-order valence-corrected chi connectivity index (χ0v) is 10.1. The fourth-order valence-electron chi connectivity index (χ4n) is 2.11. The summed E-state index contributed by atoms with van der Waals surface area (Å²) >= 11 is 5.82. The largest absolute Gasteiger partial charge is 0.390 e. The lowest BCUT2D eigenvalue weighted by Crippen LogP contribution is -2.28. The highest BCUT2D eigenvalue weighted by Crippen LogP contribution is 2.38. The van der Waals surface area contributed by atoms with Crippen LogP contribution in [-0.2, 0) is 6.42 Å². The molecule has 16 heavy (non-hydrogen) atoms. The zero-order chi connectivity index (χ0) is 11.8. The standard InChI is InChI=1S/C13H16ClFO/c1-13(16,7-9-2-3-9)8-10-6-11(14)4-5-12(10)15/h4-6,9,16H,2-3,7-8H2,1H3. The Hall–Kier alpha value is -0.600. The van der Waals surface area contributed by atoms with Gasteiger partial charge >= 0.3 is 0 Å². The van der Waals surface area contributed by atoms with E-state index in [1.807, 2.05) is 0 Å². The molecular weight excluding hydrogens is 227 g/mol. The molecule has 0 aliphatic heterocycles. The average Bonchev–Trinajstić information content (AvgIpc) is 2.94. The number of hydrogen-bond donors (Lipinski definition) is 1. The molecule has 0 spiro atoms. The molecule has 1 aromatic carbocycles. The van der Waals surface area contributed by atoms with Crippen molar-refractivity contribution in [2.24, 2.45) is 5.92 Å². The van der Waals surface area contributed by atoms with Crippen LogP contribution in [0.5, 0.6) is 0 Å². The van der Waals surface area contributed by atoms with Gasteiger partial charge in [-0.1, -0.05) is 24.4 Å². The molecule has 1 aliphatic carbocycles. The Morgan fingerprint density at radius 3 is 2.81 bits per heavy atom. The van der Waals surface area contributed by atoms with E-state index in [-0.39, 0.29) is 5.82 Å². The molecule has 1 saturated carbocycles. The van der Waals surface area contributed by atoms with Gasteiger partial charge in [-0.3, -0.25) is 0 Å². The summed E-state index contributed by atoms with van der Waals surface area (Å²) in [5.74, 6) is 0.331. The van der Waals surface area contributed by atoms with Gasteiger partial charge in [0.1, 0.15) is 5.82 Å². The van der Waals surface area contributed by atoms with Crippen LogP contribution in [-0.4, -0.2) is 10.7 Å². The SMILES string of the molecule is CC(O)(Cc1cc(Cl)ccc1F)CC1CC1. The van der Waals surface area contributed by atoms with Crippen LogP contribution in [0.2, 0.25) is 5.02 Å². The second-order valence-electron chi connectivity index (χ2n) is 5.06. The van der Waals surface area contributed by atoms with Crippen LogP contribution >= 0.6 is 11.6 Å². The minimum absolute atomic E-state index is 0.291. The normalized spacial score (nSPS) is 19.5. The molecule has 0 radical (unpaired) electrons. The van der Waals surface area contributed by atoms with E-state index >= 15 is 0 Å². The van der Waals surface area contributed by atoms with Crippen LogP contribution in [0, 0.1) is 11.7 Å². The van der Waals surface area contributed by atoms with Crippen LogP contribution in [0.3, 0.4) is 0 Å². The highest BCUT2D eigenvalue weighted by atomic mass is 35.5. The fourth-order valence-corrected chi connectivity index (χ4v) is 2.30. The quantitative estimate of drug-likeness (QED) is 0.856. The zero-order valence-electron chi connectivity index (χ0n) is 9.34. The highest BCUT2D eigenvalue weighted by molar-refractivity contribution is 6.30. The van der Waals surface area contributed by atoms with Gasteiger partial charge in [0, 0.05) is 11.4 Å². The lowest BCUT2D eigenvalue weighted by molar-refractivity contribution is 0.0447. The average molecular weight is 243 g/mol. The van der Waals surface area contributed by atoms with E-state index in [2.05, 4.69) is 0 Å². The molecule has 1 aromatic rings. The number of hydrogen-bond acceptors (Lipinski definition) is 1. The van der Waals surface area contributed by atoms with Crippen LogP contribution < -0.4 is 0 Å². The van der Waals surface area contributed by atoms with Crippen LogP contribution in [0.1, 0.15) is 31.7 Å². The second kappa shape index (κ2) is 4.34. The topological polar surface area (TPSA) is 20.2 Å². The van der Waals surface area contributed by atoms with Gasteiger partial charge in [-0.25, -0.2) is 4.39 Å². The summed E-state index contributed by atoms with van der Waals surface area (Å²) in [5, 5.41) is 10.7. The van der Waals surface area contributed by atoms with Gasteiger partial charge in [-0.15, -0.1) is 0 Å². The van der Waals surface area contributed by atoms with Crippen LogP contribution in [0.25, 0.3) is 0 Å². The first-order valence-corrected chi connectivity index (χ1v) is 6.00. The number of rotatable bonds is 4. The molecule has 0 aromatic heterocycles. The van der Waals surface area contributed by atoms with Crippen LogP contribution in [0.15, 0.2) is 18.2 Å². The Kier molecular flexibility index (Phi) is 3.22. The molecule has 1 unspecified atom stereocenters. The Labute approximate surface area is 100 Å². The van der Waals surface area contributed by atoms with Crippen molar-refractivity contribution in [3.05, 3.63) is 34.6 Å². The highest BCUT2D eigenvalue weighted by Gasteiger charge is 2.32. The molecule has 1 N–H and O–H groups in total. The van der Waals surface area contributed by atoms with Gasteiger partial charge in [0.2, 0.25) is 0 Å². The lowest BCUT2D eigenvalue weighted by Gasteiger charge is -2.23. The van der Waals surface area contributed by atoms with E-state index in [1.54, 1.807) is 13.0 Å². The molecule has 88 valence electrons. The fraction of sp³-hybridized carbons (Fsp3) is 0.538. The first-order valence-electron chi connectivity index (χ1n) is 5.63. The summed E-state index contributed by atoms with van der Waals surface area (Å²) in [4.78, 5) is 0. The van der Waals surface area contributed by atoms with Crippen molar-refractivity contribution < 1.29 is 9.50 Å². The van der Waals surface area contributed by atoms with Crippen molar-refractivity contribution >= 4 is 11.6 Å². The summed E-state index contributed by atoms with van der Waals surface area (Å²) in [6.07, 6.45) is 3.46. The minimum Gasteiger partial charge on any atom is -0.390 e. The van der Waals surface area contributed by atoms with Crippen molar-refractivity contribution in [3.63, 3.8) is 0 Å². The summed E-state index contributed by atoms with van der Waals surface area (Å²) in [6, 6.07) is 4.47. The van der Waals surface area contributed by atoms with Crippen LogP contribution in [0.4, 0.5) is 4.39 Å². The maximum atomic E-state index is 13.5. The summed E-state index contributed by atoms with van der Waals surface area (Å²) in [6.45, 7) is 1.77. The molecule has 1 atom stereocenters. The predicted molar refractivity (Wildman–Crippen MR) is 63.1 cm³/mol. The number of aliphatic hydroxyl groups is 1. The smallest absolute Gasteiger partial charge is 0.126 e. The molecule has 0 saturated heterocycles. The predicted octanol–water partition coefficient (Wildman–Crippen LogP) is 3.57. The van der Waals surface area contributed by atoms with Gasteiger partial charge in [0.25, 0.3) is 0 Å². The summed E-state index contributed by atoms with van der Waals surface area (Å²) in [5.41, 5.74) is -0.328. The Balaban J connectivity index is 2.08. The Morgan fingerprint density at radius 2 is 2.19 bits per heavy atom. The van der Waals surface area contributed by atoms with Crippen molar-refractivity contribution in [2.75, 3.05) is 0 Å². The first kappa shape index (κ1) is 11.9. The molecule has 1 fully saturated rings. The summed E-state index contributed by atoms with van der Waals surface area (Å²) < 4.78 is 13.5. The second-order valence-corrected chi connectivity index (χ2v) is 5.49. The molecule has 0 heterocycles. The third-order valence-corrected chi connectivity index (χ3v) is 3.24. The molecule has 0 amide bonds. The minimum atomic E-state index is -0.827. The maximum absolute atomic E-state index is 13.5. The van der Waals surface area contributed by atoms with E-state index in [0.29, 0.717) is 22.9 Å². The molecule has 2 rings (SSSR count). The third kappa shape index (κ3) is 3.19. The van der Waals surface area contributed by atoms with Crippen molar-refractivity contribution in [3.8, 4) is 0 Å². The van der Waals surface area contributed by atoms with E-state index in [9.17, 15) is 9.50 Å². The number of halogens is 2. The lowest BCUT2D eigenvalue weighted by atomic mass is 9.91. The molecule has 0 bridgehead atoms. The molecule has 1 aliphatic rings. The van der Waals surface area contributed by atoms with Crippen molar-refractivity contribution in [2.45, 2.75) is 38.2 Å². The van der Waals surface area contributed by atoms with Crippen molar-refractivity contribution in [1.29, 1.82) is 0 Å². The summed E-state index contributed by atoms with van der Waals surface area (Å²) in [7, 11) is 0. The Morgan fingerprint density at radius 1 is 1.50 bits per heavy atom. The molecule has 3 heteroatoms. The van der Waals surface area contributed by atoms with Gasteiger partial charge in [0.05, 0.1) is 5.60 Å². The first-order chi connectivity index (χ1) is 7.46. The van der Waals surface area contributed by atoms with E-state index < -0.39 is 5.60 Å². The van der Waals surface area contributed by atoms with Gasteiger partial charge in [0.15, 0.2) is 0 Å². The van der Waals surface area contributed by atoms with Gasteiger partial charge in [-0.2, -0.15) is 0 Å². The van der Waals surface area contributed by atoms with Gasteiger partial charge < -0.3 is 5.11 Å². The van der Waals surface area contributed by atoms with E-state index in [4.69, 9.17) is 11.6 Å².